The largest absolute Gasteiger partial charge is 0.383 e. The summed E-state index contributed by atoms with van der Waals surface area (Å²) in [7, 11) is 0. The third-order valence-electron chi connectivity index (χ3n) is 2.83. The second kappa shape index (κ2) is 3.66. The quantitative estimate of drug-likeness (QED) is 0.753. The Kier molecular flexibility index (Phi) is 2.49. The second-order valence-corrected chi connectivity index (χ2v) is 4.08. The van der Waals surface area contributed by atoms with Crippen LogP contribution in [0, 0.1) is 13.8 Å². The lowest BCUT2D eigenvalue weighted by molar-refractivity contribution is -0.124. The number of aliphatic hydroxyl groups excluding tert-OH is 1. The van der Waals surface area contributed by atoms with Crippen LogP contribution < -0.4 is 4.90 Å². The van der Waals surface area contributed by atoms with E-state index < -0.39 is 6.10 Å². The molecule has 1 N–H and O–H groups in total. The van der Waals surface area contributed by atoms with Crippen molar-refractivity contribution in [3.63, 3.8) is 0 Å². The van der Waals surface area contributed by atoms with E-state index in [1.54, 1.807) is 4.90 Å². The number of aryl methyl sites for hydroxylation is 2. The van der Waals surface area contributed by atoms with Crippen molar-refractivity contribution in [2.45, 2.75) is 26.4 Å². The van der Waals surface area contributed by atoms with Gasteiger partial charge in [-0.15, -0.1) is 0 Å². The summed E-state index contributed by atoms with van der Waals surface area (Å²) in [5.41, 5.74) is 3.13. The average molecular weight is 205 g/mol. The van der Waals surface area contributed by atoms with Gasteiger partial charge in [0.25, 0.3) is 5.91 Å². The Bertz CT molecular complexity index is 401. The number of carbonyl (C=O) groups excluding carboxylic acids is 1. The van der Waals surface area contributed by atoms with Crippen LogP contribution in [0.1, 0.15) is 17.5 Å². The van der Waals surface area contributed by atoms with E-state index in [0.717, 1.165) is 16.8 Å². The molecule has 1 aromatic rings. The molecule has 1 aromatic carbocycles. The molecule has 1 atom stereocenters. The fourth-order valence-corrected chi connectivity index (χ4v) is 1.91. The maximum atomic E-state index is 11.6. The number of nitrogens with zero attached hydrogens (tertiary/aromatic N) is 1. The van der Waals surface area contributed by atoms with Gasteiger partial charge in [-0.1, -0.05) is 12.1 Å². The molecule has 1 aliphatic heterocycles. The standard InChI is InChI=1S/C12H15NO2/c1-8-3-4-9(2)10(7-8)13-6-5-11(14)12(13)15/h3-4,7,11,14H,5-6H2,1-2H3. The molecule has 3 heteroatoms. The summed E-state index contributed by atoms with van der Waals surface area (Å²) in [4.78, 5) is 13.3. The van der Waals surface area contributed by atoms with Crippen molar-refractivity contribution in [1.82, 2.24) is 0 Å². The Balaban J connectivity index is 2.37. The molecule has 80 valence electrons. The molecule has 0 aliphatic carbocycles. The van der Waals surface area contributed by atoms with Gasteiger partial charge < -0.3 is 10.0 Å². The van der Waals surface area contributed by atoms with Crippen molar-refractivity contribution in [1.29, 1.82) is 0 Å². The van der Waals surface area contributed by atoms with Gasteiger partial charge in [-0.25, -0.2) is 0 Å². The smallest absolute Gasteiger partial charge is 0.255 e. The van der Waals surface area contributed by atoms with Gasteiger partial charge in [0, 0.05) is 18.7 Å². The first-order chi connectivity index (χ1) is 7.09. The normalized spacial score (nSPS) is 21.1. The van der Waals surface area contributed by atoms with Crippen LogP contribution in [-0.4, -0.2) is 23.7 Å². The lowest BCUT2D eigenvalue weighted by atomic mass is 10.1. The van der Waals surface area contributed by atoms with Crippen LogP contribution in [0.2, 0.25) is 0 Å². The molecule has 0 bridgehead atoms. The van der Waals surface area contributed by atoms with Crippen LogP contribution in [0.4, 0.5) is 5.69 Å². The molecule has 1 fully saturated rings. The summed E-state index contributed by atoms with van der Waals surface area (Å²) in [6, 6.07) is 6.02. The van der Waals surface area contributed by atoms with E-state index in [2.05, 4.69) is 0 Å². The Hall–Kier alpha value is -1.35. The van der Waals surface area contributed by atoms with Crippen LogP contribution in [0.15, 0.2) is 18.2 Å². The highest BCUT2D eigenvalue weighted by Crippen LogP contribution is 2.26. The van der Waals surface area contributed by atoms with Crippen LogP contribution in [-0.2, 0) is 4.79 Å². The van der Waals surface area contributed by atoms with Gasteiger partial charge in [0.05, 0.1) is 0 Å². The summed E-state index contributed by atoms with van der Waals surface area (Å²) in [5.74, 6) is -0.177. The summed E-state index contributed by atoms with van der Waals surface area (Å²) in [6.07, 6.45) is -0.281. The highest BCUT2D eigenvalue weighted by molar-refractivity contribution is 5.99. The number of benzene rings is 1. The van der Waals surface area contributed by atoms with E-state index in [4.69, 9.17) is 0 Å². The SMILES string of the molecule is Cc1ccc(C)c(N2CCC(O)C2=O)c1. The molecule has 1 saturated heterocycles. The van der Waals surface area contributed by atoms with Gasteiger partial charge in [-0.05, 0) is 31.0 Å². The van der Waals surface area contributed by atoms with E-state index in [-0.39, 0.29) is 5.91 Å². The zero-order valence-electron chi connectivity index (χ0n) is 9.03. The van der Waals surface area contributed by atoms with E-state index in [1.807, 2.05) is 32.0 Å². The summed E-state index contributed by atoms with van der Waals surface area (Å²) >= 11 is 0. The third kappa shape index (κ3) is 1.75. The first-order valence-electron chi connectivity index (χ1n) is 5.16. The minimum atomic E-state index is -0.815. The average Bonchev–Trinajstić information content (AvgIpc) is 2.52. The van der Waals surface area contributed by atoms with E-state index in [0.29, 0.717) is 13.0 Å². The van der Waals surface area contributed by atoms with E-state index in [1.165, 1.54) is 0 Å². The van der Waals surface area contributed by atoms with Crippen LogP contribution >= 0.6 is 0 Å². The number of hydrogen-bond donors (Lipinski definition) is 1. The summed E-state index contributed by atoms with van der Waals surface area (Å²) in [5, 5.41) is 9.40. The first-order valence-corrected chi connectivity index (χ1v) is 5.16. The fraction of sp³-hybridized carbons (Fsp3) is 0.417. The molecule has 0 saturated carbocycles. The Morgan fingerprint density at radius 2 is 2.13 bits per heavy atom. The lowest BCUT2D eigenvalue weighted by Gasteiger charge is -2.18. The molecule has 0 aromatic heterocycles. The maximum absolute atomic E-state index is 11.6. The molecule has 3 nitrogen and oxygen atoms in total. The van der Waals surface area contributed by atoms with Crippen molar-refractivity contribution in [3.05, 3.63) is 29.3 Å². The Morgan fingerprint density at radius 3 is 2.73 bits per heavy atom. The Morgan fingerprint density at radius 1 is 1.40 bits per heavy atom. The minimum absolute atomic E-state index is 0.177. The van der Waals surface area contributed by atoms with Crippen LogP contribution in [0.5, 0.6) is 0 Å². The van der Waals surface area contributed by atoms with Gasteiger partial charge in [-0.2, -0.15) is 0 Å². The highest BCUT2D eigenvalue weighted by atomic mass is 16.3. The van der Waals surface area contributed by atoms with Crippen LogP contribution in [0.25, 0.3) is 0 Å². The monoisotopic (exact) mass is 205 g/mol. The number of rotatable bonds is 1. The maximum Gasteiger partial charge on any atom is 0.255 e. The molecule has 1 heterocycles. The van der Waals surface area contributed by atoms with Crippen molar-refractivity contribution < 1.29 is 9.90 Å². The molecular weight excluding hydrogens is 190 g/mol. The van der Waals surface area contributed by atoms with Gasteiger partial charge in [-0.3, -0.25) is 4.79 Å². The molecule has 1 amide bonds. The molecule has 15 heavy (non-hydrogen) atoms. The van der Waals surface area contributed by atoms with Gasteiger partial charge >= 0.3 is 0 Å². The predicted octanol–water partition coefficient (Wildman–Crippen LogP) is 1.40. The van der Waals surface area contributed by atoms with Crippen molar-refractivity contribution in [3.8, 4) is 0 Å². The van der Waals surface area contributed by atoms with E-state index in [9.17, 15) is 9.90 Å². The minimum Gasteiger partial charge on any atom is -0.383 e. The van der Waals surface area contributed by atoms with Gasteiger partial charge in [0.1, 0.15) is 6.10 Å². The number of amides is 1. The first kappa shape index (κ1) is 10.2. The zero-order chi connectivity index (χ0) is 11.0. The number of carbonyl (C=O) groups is 1. The van der Waals surface area contributed by atoms with Gasteiger partial charge in [0.2, 0.25) is 0 Å². The summed E-state index contributed by atoms with van der Waals surface area (Å²) in [6.45, 7) is 4.59. The van der Waals surface area contributed by atoms with E-state index >= 15 is 0 Å². The van der Waals surface area contributed by atoms with Crippen molar-refractivity contribution in [2.75, 3.05) is 11.4 Å². The van der Waals surface area contributed by atoms with Crippen molar-refractivity contribution in [2.24, 2.45) is 0 Å². The summed E-state index contributed by atoms with van der Waals surface area (Å²) < 4.78 is 0. The topological polar surface area (TPSA) is 40.5 Å². The van der Waals surface area contributed by atoms with Gasteiger partial charge in [0.15, 0.2) is 0 Å². The fourth-order valence-electron chi connectivity index (χ4n) is 1.91. The second-order valence-electron chi connectivity index (χ2n) is 4.08. The molecule has 1 aliphatic rings. The Labute approximate surface area is 89.3 Å². The molecule has 1 unspecified atom stereocenters. The molecule has 2 rings (SSSR count). The third-order valence-corrected chi connectivity index (χ3v) is 2.83. The number of hydrogen-bond acceptors (Lipinski definition) is 2. The van der Waals surface area contributed by atoms with Crippen LogP contribution in [0.3, 0.4) is 0 Å². The lowest BCUT2D eigenvalue weighted by Crippen LogP contribution is -2.29. The number of aliphatic hydroxyl groups is 1. The highest BCUT2D eigenvalue weighted by Gasteiger charge is 2.31. The number of anilines is 1. The molecule has 0 spiro atoms. The molecule has 0 radical (unpaired) electrons. The molecular formula is C12H15NO2. The van der Waals surface area contributed by atoms with Crippen molar-refractivity contribution >= 4 is 11.6 Å². The predicted molar refractivity (Wildman–Crippen MR) is 58.9 cm³/mol. The zero-order valence-corrected chi connectivity index (χ0v) is 9.03.